The number of hydrogen-bond donors (Lipinski definition) is 4. The number of amides is 1. The van der Waals surface area contributed by atoms with E-state index in [1.165, 1.54) is 23.9 Å². The van der Waals surface area contributed by atoms with Gasteiger partial charge in [0, 0.05) is 52.6 Å². The molecule has 1 saturated heterocycles. The van der Waals surface area contributed by atoms with Crippen molar-refractivity contribution in [1.82, 2.24) is 9.62 Å². The molecule has 0 radical (unpaired) electrons. The first-order chi connectivity index (χ1) is 30.4. The van der Waals surface area contributed by atoms with Gasteiger partial charge in [-0.05, 0) is 129 Å². The van der Waals surface area contributed by atoms with Crippen LogP contribution < -0.4 is 14.9 Å². The Morgan fingerprint density at radius 1 is 0.906 bits per heavy atom. The van der Waals surface area contributed by atoms with Crippen molar-refractivity contribution in [2.45, 2.75) is 58.5 Å². The van der Waals surface area contributed by atoms with Gasteiger partial charge in [-0.15, -0.1) is 11.8 Å². The summed E-state index contributed by atoms with van der Waals surface area (Å²) in [4.78, 5) is 15.9. The maximum Gasteiger partial charge on any atom is 0.501 e. The van der Waals surface area contributed by atoms with Gasteiger partial charge in [-0.2, -0.15) is 13.2 Å². The van der Waals surface area contributed by atoms with Crippen LogP contribution in [0.15, 0.2) is 130 Å². The van der Waals surface area contributed by atoms with Crippen molar-refractivity contribution in [3.05, 3.63) is 137 Å². The van der Waals surface area contributed by atoms with Crippen molar-refractivity contribution in [2.75, 3.05) is 55.8 Å². The molecule has 5 aromatic carbocycles. The molecule has 1 aliphatic heterocycles. The third-order valence-corrected chi connectivity index (χ3v) is 15.4. The molecule has 11 nitrogen and oxygen atoms in total. The Morgan fingerprint density at radius 3 is 2.22 bits per heavy atom. The largest absolute Gasteiger partial charge is 0.501 e. The number of hydrogen-bond acceptors (Lipinski definition) is 11. The molecule has 5 aromatic rings. The summed E-state index contributed by atoms with van der Waals surface area (Å²) in [5.74, 6) is -0.796. The number of aliphatic hydroxyl groups is 2. The van der Waals surface area contributed by atoms with Crippen LogP contribution in [0.25, 0.3) is 11.1 Å². The molecule has 0 aromatic heterocycles. The van der Waals surface area contributed by atoms with Crippen molar-refractivity contribution in [1.29, 1.82) is 0 Å². The average molecular weight is 960 g/mol. The maximum absolute atomic E-state index is 14.1. The zero-order chi connectivity index (χ0) is 46.2. The Hall–Kier alpha value is -4.62. The number of aryl methyl sites for hydroxylation is 1. The number of sulfonamides is 1. The Bertz CT molecular complexity index is 2600. The molecule has 6 rings (SSSR count). The lowest BCUT2D eigenvalue weighted by molar-refractivity contribution is -0.0435. The number of aliphatic hydroxyl groups excluding tert-OH is 2. The van der Waals surface area contributed by atoms with E-state index in [1.807, 2.05) is 89.3 Å². The van der Waals surface area contributed by atoms with Crippen LogP contribution >= 0.6 is 23.4 Å². The third kappa shape index (κ3) is 12.2. The summed E-state index contributed by atoms with van der Waals surface area (Å²) in [6.45, 7) is 3.81. The van der Waals surface area contributed by atoms with E-state index >= 15 is 0 Å². The smallest absolute Gasteiger partial charge is 0.395 e. The van der Waals surface area contributed by atoms with Gasteiger partial charge < -0.3 is 25.3 Å². The van der Waals surface area contributed by atoms with E-state index in [0.29, 0.717) is 62.3 Å². The number of piperidine rings is 1. The van der Waals surface area contributed by atoms with Crippen LogP contribution in [-0.2, 0) is 19.9 Å². The number of likely N-dealkylation sites (N-methyl/N-ethyl adjacent to an activating group) is 1. The number of nitrogens with zero attached hydrogens (tertiary/aromatic N) is 2. The van der Waals surface area contributed by atoms with E-state index in [1.54, 1.807) is 19.2 Å². The van der Waals surface area contributed by atoms with Gasteiger partial charge in [-0.1, -0.05) is 65.7 Å². The van der Waals surface area contributed by atoms with Gasteiger partial charge in [0.2, 0.25) is 0 Å². The molecule has 0 unspecified atom stereocenters. The molecule has 342 valence electrons. The van der Waals surface area contributed by atoms with Gasteiger partial charge in [0.05, 0.1) is 23.3 Å². The topological polar surface area (TPSA) is 156 Å². The van der Waals surface area contributed by atoms with Gasteiger partial charge >= 0.3 is 5.51 Å². The second-order valence-corrected chi connectivity index (χ2v) is 20.9. The first-order valence-electron chi connectivity index (χ1n) is 20.5. The summed E-state index contributed by atoms with van der Waals surface area (Å²) < 4.78 is 97.2. The summed E-state index contributed by atoms with van der Waals surface area (Å²) in [5, 5.41) is 24.5. The van der Waals surface area contributed by atoms with Crippen molar-refractivity contribution >= 4 is 60.5 Å². The summed E-state index contributed by atoms with van der Waals surface area (Å²) in [7, 11) is -9.22. The van der Waals surface area contributed by atoms with Crippen molar-refractivity contribution in [3.8, 4) is 11.1 Å². The Kier molecular flexibility index (Phi) is 16.1. The number of halogens is 4. The van der Waals surface area contributed by atoms with Crippen LogP contribution in [0.3, 0.4) is 0 Å². The number of nitrogens with one attached hydrogen (secondary N) is 2. The quantitative estimate of drug-likeness (QED) is 0.0625. The fourth-order valence-corrected chi connectivity index (χ4v) is 10.7. The highest BCUT2D eigenvalue weighted by Crippen LogP contribution is 2.39. The molecule has 1 fully saturated rings. The minimum Gasteiger partial charge on any atom is -0.395 e. The highest BCUT2D eigenvalue weighted by molar-refractivity contribution is 7.99. The highest BCUT2D eigenvalue weighted by Gasteiger charge is 2.48. The van der Waals surface area contributed by atoms with E-state index in [0.717, 1.165) is 45.0 Å². The molecule has 0 spiro atoms. The number of thioether (sulfide) groups is 1. The standard InChI is InChI=1S/C46H50ClF3N4O7S3/c1-31-8-18-40(32-9-13-35(47)14-10-32)41(28-31)44(56)33-20-24-54(25-21-33)37-15-11-34(12-16-37)45(57)52-64(60,61)39-17-19-42(43(29-39)63(58,59)46(48,49)50)51-36(22-23-53(2)26-27-55)30-62-38-6-4-3-5-7-38/h3-19,28-29,33,36,44,51,55-56H,20-27,30H2,1-2H3,(H,52,57)/t36-,44-/m1/s1. The summed E-state index contributed by atoms with van der Waals surface area (Å²) in [6.07, 6.45) is 0.962. The van der Waals surface area contributed by atoms with Gasteiger partial charge in [-0.3, -0.25) is 4.79 Å². The minimum absolute atomic E-state index is 0.0275. The lowest BCUT2D eigenvalue weighted by Gasteiger charge is -2.36. The first-order valence-corrected chi connectivity index (χ1v) is 24.8. The van der Waals surface area contributed by atoms with E-state index in [9.17, 15) is 45.0 Å². The minimum atomic E-state index is -6.09. The molecule has 2 atom stereocenters. The SMILES string of the molecule is Cc1ccc(-c2ccc(Cl)cc2)c([C@H](O)C2CCN(c3ccc(C(=O)NS(=O)(=O)c4ccc(N[C@H](CCN(C)CCO)CSc5ccccc5)c(S(=O)(=O)C(F)(F)F)c4)cc3)CC2)c1. The number of anilines is 2. The van der Waals surface area contributed by atoms with E-state index in [2.05, 4.69) is 10.2 Å². The Balaban J connectivity index is 1.14. The Labute approximate surface area is 381 Å². The summed E-state index contributed by atoms with van der Waals surface area (Å²) >= 11 is 7.51. The van der Waals surface area contributed by atoms with Gasteiger partial charge in [0.15, 0.2) is 0 Å². The normalized spacial score (nSPS) is 14.9. The molecule has 64 heavy (non-hydrogen) atoms. The number of sulfone groups is 1. The van der Waals surface area contributed by atoms with Crippen molar-refractivity contribution in [2.24, 2.45) is 5.92 Å². The van der Waals surface area contributed by atoms with Crippen molar-refractivity contribution < 1.29 is 45.0 Å². The highest BCUT2D eigenvalue weighted by atomic mass is 35.5. The number of rotatable bonds is 18. The van der Waals surface area contributed by atoms with Crippen LogP contribution in [0.1, 0.15) is 46.9 Å². The van der Waals surface area contributed by atoms with E-state index < -0.39 is 58.9 Å². The van der Waals surface area contributed by atoms with E-state index in [-0.39, 0.29) is 18.1 Å². The molecule has 1 amide bonds. The lowest BCUT2D eigenvalue weighted by Crippen LogP contribution is -2.36. The van der Waals surface area contributed by atoms with Crippen molar-refractivity contribution in [3.63, 3.8) is 0 Å². The zero-order valence-corrected chi connectivity index (χ0v) is 38.3. The van der Waals surface area contributed by atoms with Crippen LogP contribution in [-0.4, -0.2) is 95.0 Å². The second kappa shape index (κ2) is 21.1. The molecule has 4 N–H and O–H groups in total. The zero-order valence-electron chi connectivity index (χ0n) is 35.1. The molecule has 0 saturated carbocycles. The van der Waals surface area contributed by atoms with Crippen LogP contribution in [0.5, 0.6) is 0 Å². The molecule has 18 heteroatoms. The van der Waals surface area contributed by atoms with Gasteiger partial charge in [0.1, 0.15) is 4.90 Å². The number of alkyl halides is 3. The third-order valence-electron chi connectivity index (χ3n) is 11.1. The molecule has 1 heterocycles. The van der Waals surface area contributed by atoms with Crippen LogP contribution in [0, 0.1) is 12.8 Å². The molecule has 0 bridgehead atoms. The molecular formula is C46H50ClF3N4O7S3. The number of carbonyl (C=O) groups excluding carboxylic acids is 1. The summed E-state index contributed by atoms with van der Waals surface area (Å²) in [5.41, 5.74) is -1.78. The Morgan fingerprint density at radius 2 is 1.58 bits per heavy atom. The number of benzene rings is 5. The van der Waals surface area contributed by atoms with Gasteiger partial charge in [0.25, 0.3) is 25.8 Å². The first kappa shape index (κ1) is 48.8. The van der Waals surface area contributed by atoms with E-state index in [4.69, 9.17) is 11.6 Å². The van der Waals surface area contributed by atoms with Crippen LogP contribution in [0.4, 0.5) is 24.5 Å². The number of carbonyl (C=O) groups is 1. The maximum atomic E-state index is 14.1. The summed E-state index contributed by atoms with van der Waals surface area (Å²) in [6, 6.07) is 30.5. The predicted octanol–water partition coefficient (Wildman–Crippen LogP) is 8.56. The monoisotopic (exact) mass is 958 g/mol. The molecule has 1 aliphatic rings. The fourth-order valence-electron chi connectivity index (χ4n) is 7.54. The molecule has 0 aliphatic carbocycles. The fraction of sp³-hybridized carbons (Fsp3) is 0.326. The predicted molar refractivity (Wildman–Crippen MR) is 246 cm³/mol. The lowest BCUT2D eigenvalue weighted by atomic mass is 9.83. The van der Waals surface area contributed by atoms with Crippen LogP contribution in [0.2, 0.25) is 5.02 Å². The van der Waals surface area contributed by atoms with Gasteiger partial charge in [-0.25, -0.2) is 21.6 Å². The molecular weight excluding hydrogens is 909 g/mol. The average Bonchev–Trinajstić information content (AvgIpc) is 3.27. The second-order valence-electron chi connectivity index (χ2n) is 15.7.